The fourth-order valence-corrected chi connectivity index (χ4v) is 1.36. The summed E-state index contributed by atoms with van der Waals surface area (Å²) >= 11 is 0. The summed E-state index contributed by atoms with van der Waals surface area (Å²) in [6.45, 7) is -0.0135. The van der Waals surface area contributed by atoms with Crippen LogP contribution in [0.5, 0.6) is 0 Å². The van der Waals surface area contributed by atoms with Crippen LogP contribution in [0.25, 0.3) is 0 Å². The molecule has 0 aromatic heterocycles. The highest BCUT2D eigenvalue weighted by Gasteiger charge is 2.23. The Bertz CT molecular complexity index is 474. The molecule has 0 aliphatic carbocycles. The number of halogens is 3. The van der Waals surface area contributed by atoms with Crippen LogP contribution in [0.4, 0.5) is 13.2 Å². The molecule has 0 saturated heterocycles. The Labute approximate surface area is 102 Å². The lowest BCUT2D eigenvalue weighted by Gasteiger charge is -2.15. The van der Waals surface area contributed by atoms with Crippen LogP contribution in [-0.2, 0) is 9.53 Å². The maximum atomic E-state index is 13.1. The molecule has 0 aliphatic rings. The third kappa shape index (κ3) is 3.02. The molecule has 0 aliphatic heterocycles. The predicted molar refractivity (Wildman–Crippen MR) is 57.9 cm³/mol. The van der Waals surface area contributed by atoms with Crippen molar-refractivity contribution >= 4 is 5.97 Å². The molecule has 0 spiro atoms. The molecule has 3 nitrogen and oxygen atoms in total. The predicted octanol–water partition coefficient (Wildman–Crippen LogP) is 1.54. The first-order valence-electron chi connectivity index (χ1n) is 4.90. The van der Waals surface area contributed by atoms with E-state index in [9.17, 15) is 18.0 Å². The Morgan fingerprint density at radius 3 is 2.44 bits per heavy atom. The molecule has 96 valence electrons. The van der Waals surface area contributed by atoms with Crippen molar-refractivity contribution in [3.8, 4) is 12.3 Å². The third-order valence-electron chi connectivity index (χ3n) is 2.18. The number of esters is 1. The molecule has 1 rings (SSSR count). The van der Waals surface area contributed by atoms with Crippen molar-refractivity contribution in [3.63, 3.8) is 0 Å². The van der Waals surface area contributed by atoms with Gasteiger partial charge in [-0.1, -0.05) is 5.92 Å². The maximum absolute atomic E-state index is 13.1. The fraction of sp³-hybridized carbons (Fsp3) is 0.250. The standard InChI is InChI=1S/C12H10F3NO2/c1-3-4-16-11(12(17)18-2)7-5-8(13)10(15)9(14)6-7/h1,5-6,11,16H,4H2,2H3. The number of terminal acetylenes is 1. The van der Waals surface area contributed by atoms with E-state index in [-0.39, 0.29) is 12.1 Å². The molecule has 1 aromatic carbocycles. The lowest BCUT2D eigenvalue weighted by atomic mass is 10.1. The number of carbonyl (C=O) groups is 1. The fourth-order valence-electron chi connectivity index (χ4n) is 1.36. The van der Waals surface area contributed by atoms with Crippen molar-refractivity contribution < 1.29 is 22.7 Å². The quantitative estimate of drug-likeness (QED) is 0.505. The largest absolute Gasteiger partial charge is 0.468 e. The zero-order valence-corrected chi connectivity index (χ0v) is 9.47. The number of benzene rings is 1. The van der Waals surface area contributed by atoms with E-state index in [0.29, 0.717) is 12.1 Å². The zero-order chi connectivity index (χ0) is 13.7. The highest BCUT2D eigenvalue weighted by atomic mass is 19.2. The second kappa shape index (κ2) is 6.07. The van der Waals surface area contributed by atoms with Gasteiger partial charge in [0.15, 0.2) is 17.5 Å². The first-order valence-corrected chi connectivity index (χ1v) is 4.90. The highest BCUT2D eigenvalue weighted by Crippen LogP contribution is 2.20. The Kier molecular flexibility index (Phi) is 4.75. The lowest BCUT2D eigenvalue weighted by Crippen LogP contribution is -2.30. The van der Waals surface area contributed by atoms with Crippen LogP contribution < -0.4 is 5.32 Å². The zero-order valence-electron chi connectivity index (χ0n) is 9.47. The molecule has 6 heteroatoms. The summed E-state index contributed by atoms with van der Waals surface area (Å²) in [4.78, 5) is 11.4. The van der Waals surface area contributed by atoms with Crippen LogP contribution in [-0.4, -0.2) is 19.6 Å². The van der Waals surface area contributed by atoms with Crippen LogP contribution in [0.3, 0.4) is 0 Å². The van der Waals surface area contributed by atoms with Gasteiger partial charge in [0.1, 0.15) is 6.04 Å². The SMILES string of the molecule is C#CCNC(C(=O)OC)c1cc(F)c(F)c(F)c1. The van der Waals surface area contributed by atoms with E-state index in [2.05, 4.69) is 16.0 Å². The number of carbonyl (C=O) groups excluding carboxylic acids is 1. The average molecular weight is 257 g/mol. The average Bonchev–Trinajstić information content (AvgIpc) is 2.35. The van der Waals surface area contributed by atoms with Crippen LogP contribution in [0.1, 0.15) is 11.6 Å². The third-order valence-corrected chi connectivity index (χ3v) is 2.18. The molecule has 1 N–H and O–H groups in total. The second-order valence-electron chi connectivity index (χ2n) is 3.34. The molecule has 0 saturated carbocycles. The van der Waals surface area contributed by atoms with E-state index in [1.807, 2.05) is 0 Å². The Morgan fingerprint density at radius 2 is 2.00 bits per heavy atom. The maximum Gasteiger partial charge on any atom is 0.327 e. The summed E-state index contributed by atoms with van der Waals surface area (Å²) in [6, 6.07) is 0.267. The van der Waals surface area contributed by atoms with Crippen molar-refractivity contribution in [2.24, 2.45) is 0 Å². The normalized spacial score (nSPS) is 11.7. The van der Waals surface area contributed by atoms with Gasteiger partial charge in [0.05, 0.1) is 13.7 Å². The molecule has 1 unspecified atom stereocenters. The van der Waals surface area contributed by atoms with Crippen LogP contribution in [0, 0.1) is 29.8 Å². The Hall–Kier alpha value is -2.00. The minimum absolute atomic E-state index is 0.0135. The van der Waals surface area contributed by atoms with E-state index in [0.717, 1.165) is 7.11 Å². The van der Waals surface area contributed by atoms with Gasteiger partial charge in [-0.2, -0.15) is 0 Å². The van der Waals surface area contributed by atoms with Gasteiger partial charge in [0.25, 0.3) is 0 Å². The Balaban J connectivity index is 3.13. The van der Waals surface area contributed by atoms with Crippen LogP contribution in [0.2, 0.25) is 0 Å². The topological polar surface area (TPSA) is 38.3 Å². The summed E-state index contributed by atoms with van der Waals surface area (Å²) in [5, 5.41) is 2.54. The molecule has 18 heavy (non-hydrogen) atoms. The minimum Gasteiger partial charge on any atom is -0.468 e. The lowest BCUT2D eigenvalue weighted by molar-refractivity contribution is -0.143. The first-order chi connectivity index (χ1) is 8.51. The molecular formula is C12H10F3NO2. The molecule has 0 bridgehead atoms. The van der Waals surface area contributed by atoms with Gasteiger partial charge in [0.2, 0.25) is 0 Å². The molecule has 1 aromatic rings. The van der Waals surface area contributed by atoms with Gasteiger partial charge in [-0.15, -0.1) is 6.42 Å². The van der Waals surface area contributed by atoms with Gasteiger partial charge in [-0.25, -0.2) is 18.0 Å². The molecular weight excluding hydrogens is 247 g/mol. The summed E-state index contributed by atoms with van der Waals surface area (Å²) in [7, 11) is 1.11. The van der Waals surface area contributed by atoms with Gasteiger partial charge in [0, 0.05) is 0 Å². The van der Waals surface area contributed by atoms with E-state index in [1.54, 1.807) is 0 Å². The summed E-state index contributed by atoms with van der Waals surface area (Å²) in [5.74, 6) is -2.95. The molecule has 0 amide bonds. The van der Waals surface area contributed by atoms with Crippen LogP contribution >= 0.6 is 0 Å². The minimum atomic E-state index is -1.60. The monoisotopic (exact) mass is 257 g/mol. The number of ether oxygens (including phenoxy) is 1. The van der Waals surface area contributed by atoms with E-state index in [4.69, 9.17) is 6.42 Å². The second-order valence-corrected chi connectivity index (χ2v) is 3.34. The van der Waals surface area contributed by atoms with Crippen molar-refractivity contribution in [1.82, 2.24) is 5.32 Å². The summed E-state index contributed by atoms with van der Waals surface area (Å²) in [5.41, 5.74) is -0.103. The molecule has 0 heterocycles. The molecule has 1 atom stereocenters. The van der Waals surface area contributed by atoms with E-state index < -0.39 is 29.5 Å². The number of hydrogen-bond acceptors (Lipinski definition) is 3. The number of rotatable bonds is 4. The smallest absolute Gasteiger partial charge is 0.327 e. The van der Waals surface area contributed by atoms with Crippen molar-refractivity contribution in [1.29, 1.82) is 0 Å². The van der Waals surface area contributed by atoms with E-state index >= 15 is 0 Å². The summed E-state index contributed by atoms with van der Waals surface area (Å²) in [6.07, 6.45) is 5.01. The number of methoxy groups -OCH3 is 1. The summed E-state index contributed by atoms with van der Waals surface area (Å²) < 4.78 is 43.4. The Morgan fingerprint density at radius 1 is 1.44 bits per heavy atom. The van der Waals surface area contributed by atoms with Gasteiger partial charge in [-0.3, -0.25) is 5.32 Å². The van der Waals surface area contributed by atoms with Gasteiger partial charge in [-0.05, 0) is 17.7 Å². The van der Waals surface area contributed by atoms with Gasteiger partial charge >= 0.3 is 5.97 Å². The van der Waals surface area contributed by atoms with Crippen molar-refractivity contribution in [2.45, 2.75) is 6.04 Å². The number of nitrogens with one attached hydrogen (secondary N) is 1. The van der Waals surface area contributed by atoms with Crippen LogP contribution in [0.15, 0.2) is 12.1 Å². The van der Waals surface area contributed by atoms with Crippen molar-refractivity contribution in [3.05, 3.63) is 35.1 Å². The first kappa shape index (κ1) is 14.1. The van der Waals surface area contributed by atoms with Crippen molar-refractivity contribution in [2.75, 3.05) is 13.7 Å². The number of hydrogen-bond donors (Lipinski definition) is 1. The molecule has 0 fully saturated rings. The highest BCUT2D eigenvalue weighted by molar-refractivity contribution is 5.77. The molecule has 0 radical (unpaired) electrons. The van der Waals surface area contributed by atoms with Gasteiger partial charge < -0.3 is 4.74 Å². The van der Waals surface area contributed by atoms with E-state index in [1.165, 1.54) is 0 Å².